The molecule has 2 rings (SSSR count). The molecular formula is C8H12N2O. The molecule has 60 valence electrons. The highest BCUT2D eigenvalue weighted by atomic mass is 16.5. The molecule has 0 amide bonds. The fourth-order valence-electron chi connectivity index (χ4n) is 1.53. The monoisotopic (exact) mass is 152 g/mol. The number of likely N-dealkylation sites (N-methyl/N-ethyl adjacent to an activating group) is 1. The average Bonchev–Trinajstić information content (AvgIpc) is 2.45. The molecule has 0 bridgehead atoms. The number of aliphatic imine (C=N–C) groups is 1. The molecule has 0 aromatic heterocycles. The molecular weight excluding hydrogens is 140 g/mol. The number of rotatable bonds is 0. The molecule has 2 heterocycles. The van der Waals surface area contributed by atoms with Gasteiger partial charge in [-0.3, -0.25) is 0 Å². The van der Waals surface area contributed by atoms with Gasteiger partial charge in [-0.1, -0.05) is 0 Å². The van der Waals surface area contributed by atoms with Crippen LogP contribution in [0.4, 0.5) is 0 Å². The van der Waals surface area contributed by atoms with Gasteiger partial charge in [-0.05, 0) is 6.92 Å². The molecule has 2 aliphatic rings. The van der Waals surface area contributed by atoms with Crippen molar-refractivity contribution in [3.8, 4) is 0 Å². The minimum Gasteiger partial charge on any atom is -0.374 e. The Hall–Kier alpha value is -0.830. The summed E-state index contributed by atoms with van der Waals surface area (Å²) in [6.45, 7) is 3.62. The Morgan fingerprint density at radius 1 is 1.73 bits per heavy atom. The first kappa shape index (κ1) is 6.85. The minimum atomic E-state index is 0.451. The van der Waals surface area contributed by atoms with Crippen LogP contribution in [0.25, 0.3) is 0 Å². The summed E-state index contributed by atoms with van der Waals surface area (Å²) in [7, 11) is 2.04. The molecule has 0 aliphatic carbocycles. The quantitative estimate of drug-likeness (QED) is 0.508. The van der Waals surface area contributed by atoms with Crippen LogP contribution in [0.5, 0.6) is 0 Å². The van der Waals surface area contributed by atoms with Gasteiger partial charge in [0.25, 0.3) is 0 Å². The van der Waals surface area contributed by atoms with Gasteiger partial charge in [-0.15, -0.1) is 0 Å². The smallest absolute Gasteiger partial charge is 0.0911 e. The third kappa shape index (κ3) is 0.959. The predicted octanol–water partition coefficient (Wildman–Crippen LogP) is 0.633. The lowest BCUT2D eigenvalue weighted by atomic mass is 10.1. The van der Waals surface area contributed by atoms with Gasteiger partial charge in [0, 0.05) is 18.3 Å². The molecule has 0 saturated carbocycles. The van der Waals surface area contributed by atoms with Crippen molar-refractivity contribution in [3.05, 3.63) is 11.3 Å². The second-order valence-electron chi connectivity index (χ2n) is 3.05. The Balaban J connectivity index is 2.34. The molecule has 3 heteroatoms. The highest BCUT2D eigenvalue weighted by molar-refractivity contribution is 5.60. The van der Waals surface area contributed by atoms with Crippen LogP contribution in [-0.4, -0.2) is 37.5 Å². The Kier molecular flexibility index (Phi) is 1.46. The standard InChI is InChI=1S/C8H12N2O/c1-6-7-3-11-4-8(7)10(2)5-9-6/h5,8H,3-4H2,1-2H3. The van der Waals surface area contributed by atoms with E-state index in [0.717, 1.165) is 18.9 Å². The van der Waals surface area contributed by atoms with E-state index in [1.54, 1.807) is 0 Å². The van der Waals surface area contributed by atoms with Gasteiger partial charge >= 0.3 is 0 Å². The molecule has 1 unspecified atom stereocenters. The Bertz CT molecular complexity index is 232. The van der Waals surface area contributed by atoms with Gasteiger partial charge in [0.05, 0.1) is 25.6 Å². The van der Waals surface area contributed by atoms with Gasteiger partial charge in [0.2, 0.25) is 0 Å². The number of hydrogen-bond donors (Lipinski definition) is 0. The van der Waals surface area contributed by atoms with E-state index in [1.165, 1.54) is 5.57 Å². The van der Waals surface area contributed by atoms with Crippen LogP contribution in [0.15, 0.2) is 16.3 Å². The number of nitrogens with zero attached hydrogens (tertiary/aromatic N) is 2. The number of ether oxygens (including phenoxy) is 1. The SMILES string of the molecule is CC1=C2COCC2N(C)C=N1. The van der Waals surface area contributed by atoms with E-state index in [-0.39, 0.29) is 0 Å². The summed E-state index contributed by atoms with van der Waals surface area (Å²) in [5.74, 6) is 0. The lowest BCUT2D eigenvalue weighted by Crippen LogP contribution is -2.34. The van der Waals surface area contributed by atoms with Gasteiger partial charge in [0.15, 0.2) is 0 Å². The molecule has 0 spiro atoms. The lowest BCUT2D eigenvalue weighted by Gasteiger charge is -2.25. The average molecular weight is 152 g/mol. The number of allylic oxidation sites excluding steroid dienone is 1. The van der Waals surface area contributed by atoms with Crippen molar-refractivity contribution < 1.29 is 4.74 Å². The maximum absolute atomic E-state index is 5.35. The van der Waals surface area contributed by atoms with Crippen molar-refractivity contribution in [2.75, 3.05) is 20.3 Å². The summed E-state index contributed by atoms with van der Waals surface area (Å²) in [6.07, 6.45) is 1.87. The predicted molar refractivity (Wildman–Crippen MR) is 43.6 cm³/mol. The van der Waals surface area contributed by atoms with E-state index in [9.17, 15) is 0 Å². The molecule has 3 nitrogen and oxygen atoms in total. The molecule has 0 aromatic carbocycles. The van der Waals surface area contributed by atoms with Gasteiger partial charge in [-0.2, -0.15) is 0 Å². The maximum atomic E-state index is 5.35. The summed E-state index contributed by atoms with van der Waals surface area (Å²) in [6, 6.07) is 0.451. The van der Waals surface area contributed by atoms with Crippen LogP contribution in [0.2, 0.25) is 0 Å². The zero-order chi connectivity index (χ0) is 7.84. The molecule has 11 heavy (non-hydrogen) atoms. The van der Waals surface area contributed by atoms with Crippen LogP contribution < -0.4 is 0 Å². The van der Waals surface area contributed by atoms with Crippen LogP contribution in [-0.2, 0) is 4.74 Å². The second-order valence-corrected chi connectivity index (χ2v) is 3.05. The molecule has 1 saturated heterocycles. The maximum Gasteiger partial charge on any atom is 0.0911 e. The second kappa shape index (κ2) is 2.34. The third-order valence-corrected chi connectivity index (χ3v) is 2.33. The van der Waals surface area contributed by atoms with Crippen LogP contribution in [0.3, 0.4) is 0 Å². The number of hydrogen-bond acceptors (Lipinski definition) is 3. The van der Waals surface area contributed by atoms with Crippen molar-refractivity contribution >= 4 is 6.34 Å². The summed E-state index contributed by atoms with van der Waals surface area (Å²) in [5, 5.41) is 0. The molecule has 1 atom stereocenters. The molecule has 0 radical (unpaired) electrons. The highest BCUT2D eigenvalue weighted by Gasteiger charge is 2.28. The Labute approximate surface area is 66.4 Å². The Morgan fingerprint density at radius 3 is 3.27 bits per heavy atom. The third-order valence-electron chi connectivity index (χ3n) is 2.33. The van der Waals surface area contributed by atoms with E-state index in [4.69, 9.17) is 4.74 Å². The van der Waals surface area contributed by atoms with Crippen molar-refractivity contribution in [1.29, 1.82) is 0 Å². The van der Waals surface area contributed by atoms with Crippen molar-refractivity contribution in [2.45, 2.75) is 13.0 Å². The largest absolute Gasteiger partial charge is 0.374 e. The first-order valence-corrected chi connectivity index (χ1v) is 3.82. The molecule has 2 aliphatic heterocycles. The van der Waals surface area contributed by atoms with Crippen molar-refractivity contribution in [2.24, 2.45) is 4.99 Å². The van der Waals surface area contributed by atoms with E-state index < -0.39 is 0 Å². The summed E-state index contributed by atoms with van der Waals surface area (Å²) in [4.78, 5) is 6.36. The van der Waals surface area contributed by atoms with Crippen LogP contribution in [0.1, 0.15) is 6.92 Å². The summed E-state index contributed by atoms with van der Waals surface area (Å²) >= 11 is 0. The van der Waals surface area contributed by atoms with E-state index in [2.05, 4.69) is 9.89 Å². The van der Waals surface area contributed by atoms with E-state index in [0.29, 0.717) is 6.04 Å². The normalized spacial score (nSPS) is 29.6. The molecule has 0 aromatic rings. The van der Waals surface area contributed by atoms with Crippen LogP contribution >= 0.6 is 0 Å². The fraction of sp³-hybridized carbons (Fsp3) is 0.625. The fourth-order valence-corrected chi connectivity index (χ4v) is 1.53. The van der Waals surface area contributed by atoms with E-state index >= 15 is 0 Å². The van der Waals surface area contributed by atoms with Crippen molar-refractivity contribution in [1.82, 2.24) is 4.90 Å². The highest BCUT2D eigenvalue weighted by Crippen LogP contribution is 2.23. The van der Waals surface area contributed by atoms with E-state index in [1.807, 2.05) is 20.3 Å². The topological polar surface area (TPSA) is 24.8 Å². The Morgan fingerprint density at radius 2 is 2.55 bits per heavy atom. The summed E-state index contributed by atoms with van der Waals surface area (Å²) < 4.78 is 5.35. The molecule has 1 fully saturated rings. The van der Waals surface area contributed by atoms with Gasteiger partial charge in [0.1, 0.15) is 0 Å². The van der Waals surface area contributed by atoms with Crippen molar-refractivity contribution in [3.63, 3.8) is 0 Å². The van der Waals surface area contributed by atoms with Gasteiger partial charge < -0.3 is 9.64 Å². The first-order valence-electron chi connectivity index (χ1n) is 3.82. The van der Waals surface area contributed by atoms with Gasteiger partial charge in [-0.25, -0.2) is 4.99 Å². The number of fused-ring (bicyclic) bond motifs is 1. The van der Waals surface area contributed by atoms with Crippen LogP contribution in [0, 0.1) is 0 Å². The summed E-state index contributed by atoms with van der Waals surface area (Å²) in [5.41, 5.74) is 2.47. The lowest BCUT2D eigenvalue weighted by molar-refractivity contribution is 0.181. The zero-order valence-corrected chi connectivity index (χ0v) is 6.87. The minimum absolute atomic E-state index is 0.451. The zero-order valence-electron chi connectivity index (χ0n) is 6.87. The molecule has 0 N–H and O–H groups in total. The first-order chi connectivity index (χ1) is 5.29.